The van der Waals surface area contributed by atoms with Crippen LogP contribution in [-0.4, -0.2) is 43.1 Å². The third kappa shape index (κ3) is 3.20. The van der Waals surface area contributed by atoms with Crippen molar-refractivity contribution in [1.82, 2.24) is 9.88 Å². The molecule has 0 aromatic carbocycles. The Labute approximate surface area is 119 Å². The zero-order chi connectivity index (χ0) is 12.4. The van der Waals surface area contributed by atoms with Crippen molar-refractivity contribution < 1.29 is 0 Å². The standard InChI is InChI=1S/C12H17Br2N3/c1-16(2)10-3-5-17(6-4-10)12-11(14)7-9(13)8-15-12/h7-8,10H,3-6H2,1-2H3. The molecular formula is C12H17Br2N3. The van der Waals surface area contributed by atoms with Crippen LogP contribution >= 0.6 is 31.9 Å². The van der Waals surface area contributed by atoms with Crippen molar-refractivity contribution in [3.63, 3.8) is 0 Å². The van der Waals surface area contributed by atoms with Gasteiger partial charge >= 0.3 is 0 Å². The van der Waals surface area contributed by atoms with Crippen molar-refractivity contribution in [2.75, 3.05) is 32.1 Å². The van der Waals surface area contributed by atoms with Crippen molar-refractivity contribution in [3.05, 3.63) is 21.2 Å². The molecule has 17 heavy (non-hydrogen) atoms. The summed E-state index contributed by atoms with van der Waals surface area (Å²) in [7, 11) is 4.32. The van der Waals surface area contributed by atoms with Crippen molar-refractivity contribution in [1.29, 1.82) is 0 Å². The largest absolute Gasteiger partial charge is 0.356 e. The number of anilines is 1. The van der Waals surface area contributed by atoms with E-state index in [1.54, 1.807) is 0 Å². The number of rotatable bonds is 2. The molecule has 0 aliphatic carbocycles. The van der Waals surface area contributed by atoms with Gasteiger partial charge in [0, 0.05) is 29.8 Å². The van der Waals surface area contributed by atoms with E-state index in [1.807, 2.05) is 6.20 Å². The zero-order valence-electron chi connectivity index (χ0n) is 10.2. The van der Waals surface area contributed by atoms with Gasteiger partial charge in [-0.1, -0.05) is 0 Å². The first-order valence-electron chi connectivity index (χ1n) is 5.80. The summed E-state index contributed by atoms with van der Waals surface area (Å²) >= 11 is 7.01. The van der Waals surface area contributed by atoms with Gasteiger partial charge in [-0.05, 0) is 64.9 Å². The number of hydrogen-bond donors (Lipinski definition) is 0. The molecule has 0 bridgehead atoms. The molecule has 1 fully saturated rings. The van der Waals surface area contributed by atoms with E-state index in [-0.39, 0.29) is 0 Å². The Kier molecular flexibility index (Phi) is 4.44. The van der Waals surface area contributed by atoms with Crippen molar-refractivity contribution in [2.45, 2.75) is 18.9 Å². The number of hydrogen-bond acceptors (Lipinski definition) is 3. The molecule has 0 saturated carbocycles. The summed E-state index contributed by atoms with van der Waals surface area (Å²) in [6, 6.07) is 2.76. The van der Waals surface area contributed by atoms with E-state index in [0.29, 0.717) is 6.04 Å². The average Bonchev–Trinajstić information content (AvgIpc) is 2.29. The summed E-state index contributed by atoms with van der Waals surface area (Å²) in [6.45, 7) is 2.16. The molecule has 1 saturated heterocycles. The summed E-state index contributed by atoms with van der Waals surface area (Å²) in [4.78, 5) is 9.17. The van der Waals surface area contributed by atoms with Crippen molar-refractivity contribution in [3.8, 4) is 0 Å². The minimum atomic E-state index is 0.709. The highest BCUT2D eigenvalue weighted by molar-refractivity contribution is 9.11. The highest BCUT2D eigenvalue weighted by atomic mass is 79.9. The van der Waals surface area contributed by atoms with Crippen LogP contribution in [0, 0.1) is 0 Å². The van der Waals surface area contributed by atoms with E-state index >= 15 is 0 Å². The maximum atomic E-state index is 4.49. The van der Waals surface area contributed by atoms with Gasteiger partial charge < -0.3 is 9.80 Å². The first-order valence-corrected chi connectivity index (χ1v) is 7.39. The van der Waals surface area contributed by atoms with Crippen LogP contribution < -0.4 is 4.90 Å². The summed E-state index contributed by atoms with van der Waals surface area (Å²) in [5.74, 6) is 1.06. The third-order valence-electron chi connectivity index (χ3n) is 3.28. The topological polar surface area (TPSA) is 19.4 Å². The Morgan fingerprint density at radius 1 is 1.29 bits per heavy atom. The van der Waals surface area contributed by atoms with Crippen LogP contribution in [0.15, 0.2) is 21.2 Å². The van der Waals surface area contributed by atoms with Crippen LogP contribution in [0.1, 0.15) is 12.8 Å². The van der Waals surface area contributed by atoms with Gasteiger partial charge in [0.2, 0.25) is 0 Å². The van der Waals surface area contributed by atoms with Gasteiger partial charge in [-0.15, -0.1) is 0 Å². The van der Waals surface area contributed by atoms with Gasteiger partial charge in [-0.3, -0.25) is 0 Å². The van der Waals surface area contributed by atoms with E-state index in [2.05, 4.69) is 66.8 Å². The quantitative estimate of drug-likeness (QED) is 0.805. The molecule has 0 spiro atoms. The van der Waals surface area contributed by atoms with Crippen molar-refractivity contribution >= 4 is 37.7 Å². The summed E-state index contributed by atoms with van der Waals surface area (Å²) in [6.07, 6.45) is 4.27. The Balaban J connectivity index is 2.05. The SMILES string of the molecule is CN(C)C1CCN(c2ncc(Br)cc2Br)CC1. The minimum Gasteiger partial charge on any atom is -0.356 e. The van der Waals surface area contributed by atoms with Crippen LogP contribution in [0.2, 0.25) is 0 Å². The van der Waals surface area contributed by atoms with Crippen molar-refractivity contribution in [2.24, 2.45) is 0 Å². The minimum absolute atomic E-state index is 0.709. The molecule has 5 heteroatoms. The average molecular weight is 363 g/mol. The molecule has 94 valence electrons. The molecule has 2 rings (SSSR count). The number of nitrogens with zero attached hydrogens (tertiary/aromatic N) is 3. The highest BCUT2D eigenvalue weighted by Gasteiger charge is 2.22. The van der Waals surface area contributed by atoms with Crippen LogP contribution in [0.25, 0.3) is 0 Å². The molecule has 1 aliphatic heterocycles. The maximum absolute atomic E-state index is 4.49. The molecule has 0 atom stereocenters. The molecule has 0 N–H and O–H groups in total. The van der Waals surface area contributed by atoms with E-state index in [9.17, 15) is 0 Å². The number of piperidine rings is 1. The molecule has 0 radical (unpaired) electrons. The van der Waals surface area contributed by atoms with E-state index in [0.717, 1.165) is 27.9 Å². The molecule has 1 aromatic heterocycles. The highest BCUT2D eigenvalue weighted by Crippen LogP contribution is 2.29. The lowest BCUT2D eigenvalue weighted by Gasteiger charge is -2.36. The monoisotopic (exact) mass is 361 g/mol. The third-order valence-corrected chi connectivity index (χ3v) is 4.30. The first-order chi connectivity index (χ1) is 8.08. The number of aromatic nitrogens is 1. The van der Waals surface area contributed by atoms with Crippen LogP contribution in [0.5, 0.6) is 0 Å². The predicted molar refractivity (Wildman–Crippen MR) is 78.6 cm³/mol. The maximum Gasteiger partial charge on any atom is 0.142 e. The second-order valence-electron chi connectivity index (χ2n) is 4.64. The first kappa shape index (κ1) is 13.3. The fourth-order valence-corrected chi connectivity index (χ4v) is 3.47. The fraction of sp³-hybridized carbons (Fsp3) is 0.583. The molecule has 2 heterocycles. The van der Waals surface area contributed by atoms with E-state index in [4.69, 9.17) is 0 Å². The van der Waals surface area contributed by atoms with Crippen LogP contribution in [-0.2, 0) is 0 Å². The molecule has 0 unspecified atom stereocenters. The van der Waals surface area contributed by atoms with Gasteiger partial charge in [-0.2, -0.15) is 0 Å². The van der Waals surface area contributed by atoms with Crippen LogP contribution in [0.3, 0.4) is 0 Å². The van der Waals surface area contributed by atoms with Gasteiger partial charge in [0.25, 0.3) is 0 Å². The molecule has 3 nitrogen and oxygen atoms in total. The summed E-state index contributed by atoms with van der Waals surface area (Å²) in [5, 5.41) is 0. The fourth-order valence-electron chi connectivity index (χ4n) is 2.23. The molecule has 1 aliphatic rings. The molecular weight excluding hydrogens is 346 g/mol. The second-order valence-corrected chi connectivity index (χ2v) is 6.41. The Hall–Kier alpha value is -0.130. The number of pyridine rings is 1. The zero-order valence-corrected chi connectivity index (χ0v) is 13.3. The summed E-state index contributed by atoms with van der Waals surface area (Å²) < 4.78 is 2.08. The van der Waals surface area contributed by atoms with Gasteiger partial charge in [0.1, 0.15) is 5.82 Å². The van der Waals surface area contributed by atoms with Crippen LogP contribution in [0.4, 0.5) is 5.82 Å². The lowest BCUT2D eigenvalue weighted by atomic mass is 10.0. The van der Waals surface area contributed by atoms with E-state index in [1.165, 1.54) is 12.8 Å². The lowest BCUT2D eigenvalue weighted by molar-refractivity contribution is 0.249. The number of halogens is 2. The Morgan fingerprint density at radius 3 is 2.47 bits per heavy atom. The smallest absolute Gasteiger partial charge is 0.142 e. The molecule has 1 aromatic rings. The predicted octanol–water partition coefficient (Wildman–Crippen LogP) is 3.14. The summed E-state index contributed by atoms with van der Waals surface area (Å²) in [5.41, 5.74) is 0. The Morgan fingerprint density at radius 2 is 1.94 bits per heavy atom. The molecule has 0 amide bonds. The van der Waals surface area contributed by atoms with Gasteiger partial charge in [0.15, 0.2) is 0 Å². The normalized spacial score (nSPS) is 17.8. The van der Waals surface area contributed by atoms with Gasteiger partial charge in [-0.25, -0.2) is 4.98 Å². The second kappa shape index (κ2) is 5.67. The van der Waals surface area contributed by atoms with Gasteiger partial charge in [0.05, 0.1) is 4.47 Å². The Bertz CT molecular complexity index is 387. The van der Waals surface area contributed by atoms with E-state index < -0.39 is 0 Å². The lowest BCUT2D eigenvalue weighted by Crippen LogP contribution is -2.42.